The summed E-state index contributed by atoms with van der Waals surface area (Å²) in [6.45, 7) is 8.29. The van der Waals surface area contributed by atoms with Crippen molar-refractivity contribution < 1.29 is 19.4 Å². The molecule has 0 spiro atoms. The van der Waals surface area contributed by atoms with Crippen LogP contribution in [0.25, 0.3) is 0 Å². The van der Waals surface area contributed by atoms with E-state index in [1.165, 1.54) is 0 Å². The molecule has 0 aliphatic rings. The molecule has 0 rings (SSSR count). The smallest absolute Gasteiger partial charge is 0.333 e. The Kier molecular flexibility index (Phi) is 5.63. The molecule has 1 N–H and O–H groups in total. The monoisotopic (exact) mass is 186 g/mol. The first-order valence-corrected chi connectivity index (χ1v) is 3.91. The standard InChI is InChI=1S/C9H14O4/c1-4-7(3)9(11)13-6-8(10)12-5-2/h5,8,10H,2-4,6H2,1H3. The topological polar surface area (TPSA) is 55.8 Å². The number of aliphatic hydroxyl groups is 1. The average molecular weight is 186 g/mol. The largest absolute Gasteiger partial charge is 0.470 e. The Morgan fingerprint density at radius 3 is 2.77 bits per heavy atom. The molecular weight excluding hydrogens is 172 g/mol. The number of hydrogen-bond donors (Lipinski definition) is 1. The highest BCUT2D eigenvalue weighted by atomic mass is 16.6. The van der Waals surface area contributed by atoms with Gasteiger partial charge in [0, 0.05) is 5.57 Å². The Morgan fingerprint density at radius 1 is 1.69 bits per heavy atom. The third kappa shape index (κ3) is 5.03. The van der Waals surface area contributed by atoms with E-state index >= 15 is 0 Å². The van der Waals surface area contributed by atoms with Gasteiger partial charge in [-0.05, 0) is 6.42 Å². The van der Waals surface area contributed by atoms with Gasteiger partial charge in [0.1, 0.15) is 0 Å². The summed E-state index contributed by atoms with van der Waals surface area (Å²) in [4.78, 5) is 11.0. The van der Waals surface area contributed by atoms with E-state index in [0.717, 1.165) is 6.26 Å². The highest BCUT2D eigenvalue weighted by Crippen LogP contribution is 2.00. The zero-order chi connectivity index (χ0) is 10.3. The molecule has 0 radical (unpaired) electrons. The van der Waals surface area contributed by atoms with Crippen molar-refractivity contribution in [3.05, 3.63) is 25.0 Å². The fourth-order valence-corrected chi connectivity index (χ4v) is 0.544. The zero-order valence-electron chi connectivity index (χ0n) is 7.66. The summed E-state index contributed by atoms with van der Waals surface area (Å²) >= 11 is 0. The van der Waals surface area contributed by atoms with Gasteiger partial charge in [0.05, 0.1) is 6.26 Å². The fourth-order valence-electron chi connectivity index (χ4n) is 0.544. The lowest BCUT2D eigenvalue weighted by Gasteiger charge is -2.10. The van der Waals surface area contributed by atoms with Crippen molar-refractivity contribution in [2.45, 2.75) is 19.6 Å². The van der Waals surface area contributed by atoms with Crippen LogP contribution in [-0.2, 0) is 14.3 Å². The summed E-state index contributed by atoms with van der Waals surface area (Å²) in [6, 6.07) is 0. The summed E-state index contributed by atoms with van der Waals surface area (Å²) in [6.07, 6.45) is 0.441. The summed E-state index contributed by atoms with van der Waals surface area (Å²) in [5.74, 6) is -0.519. The molecule has 0 heterocycles. The minimum atomic E-state index is -1.16. The number of carbonyl (C=O) groups is 1. The van der Waals surface area contributed by atoms with Gasteiger partial charge in [-0.25, -0.2) is 4.79 Å². The molecular formula is C9H14O4. The average Bonchev–Trinajstić information content (AvgIpc) is 2.13. The van der Waals surface area contributed by atoms with Crippen molar-refractivity contribution in [2.75, 3.05) is 6.61 Å². The molecule has 74 valence electrons. The van der Waals surface area contributed by atoms with E-state index in [9.17, 15) is 4.79 Å². The maximum absolute atomic E-state index is 11.0. The van der Waals surface area contributed by atoms with E-state index in [0.29, 0.717) is 12.0 Å². The number of hydrogen-bond acceptors (Lipinski definition) is 4. The third-order valence-corrected chi connectivity index (χ3v) is 1.33. The first kappa shape index (κ1) is 11.7. The molecule has 0 aromatic heterocycles. The van der Waals surface area contributed by atoms with Gasteiger partial charge in [0.15, 0.2) is 6.61 Å². The second-order valence-corrected chi connectivity index (χ2v) is 2.31. The first-order chi connectivity index (χ1) is 6.11. The second kappa shape index (κ2) is 6.25. The van der Waals surface area contributed by atoms with E-state index in [-0.39, 0.29) is 6.61 Å². The van der Waals surface area contributed by atoms with Crippen LogP contribution < -0.4 is 0 Å². The normalized spacial score (nSPS) is 11.5. The van der Waals surface area contributed by atoms with Gasteiger partial charge >= 0.3 is 5.97 Å². The van der Waals surface area contributed by atoms with Gasteiger partial charge in [0.25, 0.3) is 0 Å². The van der Waals surface area contributed by atoms with Gasteiger partial charge in [-0.3, -0.25) is 0 Å². The highest BCUT2D eigenvalue weighted by molar-refractivity contribution is 5.87. The lowest BCUT2D eigenvalue weighted by atomic mass is 10.2. The Balaban J connectivity index is 3.69. The molecule has 0 saturated carbocycles. The highest BCUT2D eigenvalue weighted by Gasteiger charge is 2.09. The van der Waals surface area contributed by atoms with E-state index in [4.69, 9.17) is 5.11 Å². The van der Waals surface area contributed by atoms with E-state index in [1.807, 2.05) is 0 Å². The molecule has 0 aromatic rings. The van der Waals surface area contributed by atoms with Crippen LogP contribution in [-0.4, -0.2) is 24.0 Å². The Labute approximate surface area is 77.5 Å². The van der Waals surface area contributed by atoms with Crippen LogP contribution in [0.1, 0.15) is 13.3 Å². The van der Waals surface area contributed by atoms with Crippen LogP contribution in [0, 0.1) is 0 Å². The zero-order valence-corrected chi connectivity index (χ0v) is 7.66. The van der Waals surface area contributed by atoms with E-state index < -0.39 is 12.3 Å². The van der Waals surface area contributed by atoms with Crippen LogP contribution >= 0.6 is 0 Å². The molecule has 0 fully saturated rings. The van der Waals surface area contributed by atoms with Crippen LogP contribution in [0.3, 0.4) is 0 Å². The minimum Gasteiger partial charge on any atom is -0.470 e. The van der Waals surface area contributed by atoms with Crippen molar-refractivity contribution in [3.63, 3.8) is 0 Å². The van der Waals surface area contributed by atoms with Crippen LogP contribution in [0.4, 0.5) is 0 Å². The molecule has 0 amide bonds. The van der Waals surface area contributed by atoms with Crippen LogP contribution in [0.5, 0.6) is 0 Å². The lowest BCUT2D eigenvalue weighted by Crippen LogP contribution is -2.20. The number of rotatable bonds is 6. The maximum Gasteiger partial charge on any atom is 0.333 e. The number of carbonyl (C=O) groups excluding carboxylic acids is 1. The van der Waals surface area contributed by atoms with Crippen molar-refractivity contribution in [2.24, 2.45) is 0 Å². The quantitative estimate of drug-likeness (QED) is 0.291. The molecule has 4 heteroatoms. The molecule has 0 saturated heterocycles. The summed E-state index contributed by atoms with van der Waals surface area (Å²) in [7, 11) is 0. The van der Waals surface area contributed by atoms with Gasteiger partial charge < -0.3 is 14.6 Å². The predicted molar refractivity (Wildman–Crippen MR) is 47.7 cm³/mol. The molecule has 0 aliphatic carbocycles. The molecule has 1 atom stereocenters. The van der Waals surface area contributed by atoms with Crippen LogP contribution in [0.2, 0.25) is 0 Å². The third-order valence-electron chi connectivity index (χ3n) is 1.33. The number of esters is 1. The predicted octanol–water partition coefficient (Wildman–Crippen LogP) is 0.974. The Morgan fingerprint density at radius 2 is 2.31 bits per heavy atom. The summed E-state index contributed by atoms with van der Waals surface area (Å²) in [5, 5.41) is 8.95. The van der Waals surface area contributed by atoms with Gasteiger partial charge in [-0.15, -0.1) is 0 Å². The number of ether oxygens (including phenoxy) is 2. The molecule has 0 bridgehead atoms. The second-order valence-electron chi connectivity index (χ2n) is 2.31. The SMILES string of the molecule is C=COC(O)COC(=O)C(=C)CC. The summed E-state index contributed by atoms with van der Waals surface area (Å²) in [5.41, 5.74) is 0.366. The lowest BCUT2D eigenvalue weighted by molar-refractivity contribution is -0.152. The Hall–Kier alpha value is -1.29. The first-order valence-electron chi connectivity index (χ1n) is 3.91. The van der Waals surface area contributed by atoms with Gasteiger partial charge in [0.2, 0.25) is 6.29 Å². The van der Waals surface area contributed by atoms with Crippen molar-refractivity contribution >= 4 is 5.97 Å². The molecule has 1 unspecified atom stereocenters. The molecule has 0 aliphatic heterocycles. The van der Waals surface area contributed by atoms with Crippen molar-refractivity contribution in [1.82, 2.24) is 0 Å². The van der Waals surface area contributed by atoms with E-state index in [2.05, 4.69) is 22.6 Å². The van der Waals surface area contributed by atoms with Gasteiger partial charge in [-0.2, -0.15) is 0 Å². The van der Waals surface area contributed by atoms with Crippen LogP contribution in [0.15, 0.2) is 25.0 Å². The van der Waals surface area contributed by atoms with E-state index in [1.54, 1.807) is 6.92 Å². The molecule has 0 aromatic carbocycles. The molecule has 13 heavy (non-hydrogen) atoms. The van der Waals surface area contributed by atoms with Gasteiger partial charge in [-0.1, -0.05) is 20.1 Å². The Bertz CT molecular complexity index is 198. The minimum absolute atomic E-state index is 0.218. The molecule has 4 nitrogen and oxygen atoms in total. The van der Waals surface area contributed by atoms with Crippen molar-refractivity contribution in [3.8, 4) is 0 Å². The summed E-state index contributed by atoms with van der Waals surface area (Å²) < 4.78 is 9.17. The maximum atomic E-state index is 11.0. The number of aliphatic hydroxyl groups excluding tert-OH is 1. The van der Waals surface area contributed by atoms with Crippen molar-refractivity contribution in [1.29, 1.82) is 0 Å². The fraction of sp³-hybridized carbons (Fsp3) is 0.444.